The maximum absolute atomic E-state index is 6.31. The van der Waals surface area contributed by atoms with Crippen LogP contribution in [0.25, 0.3) is 0 Å². The Balaban J connectivity index is 3.11. The van der Waals surface area contributed by atoms with Crippen molar-refractivity contribution in [1.29, 1.82) is 0 Å². The minimum atomic E-state index is 0.316. The second-order valence-corrected chi connectivity index (χ2v) is 4.97. The van der Waals surface area contributed by atoms with Crippen molar-refractivity contribution in [3.8, 4) is 17.6 Å². The van der Waals surface area contributed by atoms with Gasteiger partial charge in [-0.3, -0.25) is 0 Å². The fourth-order valence-electron chi connectivity index (χ4n) is 2.03. The Morgan fingerprint density at radius 3 is 2.61 bits per heavy atom. The van der Waals surface area contributed by atoms with Crippen LogP contribution >= 0.6 is 11.6 Å². The molecule has 0 aliphatic heterocycles. The molecule has 1 rings (SSSR count). The molecule has 1 unspecified atom stereocenters. The van der Waals surface area contributed by atoms with E-state index in [4.69, 9.17) is 16.3 Å². The summed E-state index contributed by atoms with van der Waals surface area (Å²) in [6.07, 6.45) is 1.77. The number of ether oxygens (including phenoxy) is 1. The van der Waals surface area contributed by atoms with Gasteiger partial charge < -0.3 is 4.74 Å². The first-order valence-corrected chi connectivity index (χ1v) is 6.70. The molecule has 18 heavy (non-hydrogen) atoms. The Morgan fingerprint density at radius 2 is 2.06 bits per heavy atom. The summed E-state index contributed by atoms with van der Waals surface area (Å²) in [6, 6.07) is 2.00. The third kappa shape index (κ3) is 3.43. The number of aryl methyl sites for hydroxylation is 1. The van der Waals surface area contributed by atoms with Crippen LogP contribution in [0.3, 0.4) is 0 Å². The molecule has 0 saturated heterocycles. The highest BCUT2D eigenvalue weighted by molar-refractivity contribution is 6.32. The number of hydrogen-bond donors (Lipinski definition) is 0. The van der Waals surface area contributed by atoms with Crippen molar-refractivity contribution in [2.45, 2.75) is 40.5 Å². The lowest BCUT2D eigenvalue weighted by Gasteiger charge is -2.16. The second-order valence-electron chi connectivity index (χ2n) is 4.59. The van der Waals surface area contributed by atoms with Crippen molar-refractivity contribution >= 4 is 11.6 Å². The van der Waals surface area contributed by atoms with Crippen molar-refractivity contribution in [1.82, 2.24) is 0 Å². The molecule has 0 saturated carbocycles. The van der Waals surface area contributed by atoms with Gasteiger partial charge in [0.2, 0.25) is 0 Å². The number of halogens is 1. The Morgan fingerprint density at radius 1 is 1.39 bits per heavy atom. The van der Waals surface area contributed by atoms with Crippen LogP contribution in [-0.4, -0.2) is 7.11 Å². The van der Waals surface area contributed by atoms with Crippen LogP contribution in [0.4, 0.5) is 0 Å². The molecule has 0 amide bonds. The minimum absolute atomic E-state index is 0.316. The average Bonchev–Trinajstić information content (AvgIpc) is 2.36. The van der Waals surface area contributed by atoms with Crippen molar-refractivity contribution in [3.63, 3.8) is 0 Å². The lowest BCUT2D eigenvalue weighted by Crippen LogP contribution is -2.03. The summed E-state index contributed by atoms with van der Waals surface area (Å²) < 4.78 is 5.46. The highest BCUT2D eigenvalue weighted by atomic mass is 35.5. The molecule has 1 aromatic rings. The topological polar surface area (TPSA) is 9.23 Å². The first kappa shape index (κ1) is 14.9. The van der Waals surface area contributed by atoms with Gasteiger partial charge in [-0.2, -0.15) is 0 Å². The van der Waals surface area contributed by atoms with Crippen molar-refractivity contribution in [3.05, 3.63) is 27.8 Å². The van der Waals surface area contributed by atoms with Crippen LogP contribution in [0.15, 0.2) is 6.07 Å². The molecular formula is C16H21ClO. The highest BCUT2D eigenvalue weighted by Crippen LogP contribution is 2.33. The SMILES string of the molecule is CCC#CC(C)Cc1c(OC)cc(C)c(Cl)c1C. The molecule has 0 aromatic heterocycles. The van der Waals surface area contributed by atoms with E-state index in [9.17, 15) is 0 Å². The third-order valence-electron chi connectivity index (χ3n) is 3.03. The Kier molecular flexibility index (Phi) is 5.56. The van der Waals surface area contributed by atoms with E-state index in [1.165, 1.54) is 5.56 Å². The summed E-state index contributed by atoms with van der Waals surface area (Å²) in [4.78, 5) is 0. The van der Waals surface area contributed by atoms with Gasteiger partial charge in [0.05, 0.1) is 7.11 Å². The van der Waals surface area contributed by atoms with E-state index < -0.39 is 0 Å². The van der Waals surface area contributed by atoms with E-state index in [1.807, 2.05) is 19.9 Å². The van der Waals surface area contributed by atoms with Gasteiger partial charge in [0.15, 0.2) is 0 Å². The van der Waals surface area contributed by atoms with Crippen molar-refractivity contribution in [2.75, 3.05) is 7.11 Å². The number of benzene rings is 1. The summed E-state index contributed by atoms with van der Waals surface area (Å²) in [6.45, 7) is 8.25. The van der Waals surface area contributed by atoms with E-state index >= 15 is 0 Å². The Labute approximate surface area is 115 Å². The third-order valence-corrected chi connectivity index (χ3v) is 3.61. The zero-order valence-corrected chi connectivity index (χ0v) is 12.6. The smallest absolute Gasteiger partial charge is 0.122 e. The Bertz CT molecular complexity index is 480. The zero-order valence-electron chi connectivity index (χ0n) is 11.9. The predicted molar refractivity (Wildman–Crippen MR) is 78.4 cm³/mol. The highest BCUT2D eigenvalue weighted by Gasteiger charge is 2.14. The summed E-state index contributed by atoms with van der Waals surface area (Å²) in [7, 11) is 1.70. The van der Waals surface area contributed by atoms with Gasteiger partial charge >= 0.3 is 0 Å². The molecule has 0 spiro atoms. The zero-order chi connectivity index (χ0) is 13.7. The fraction of sp³-hybridized carbons (Fsp3) is 0.500. The van der Waals surface area contributed by atoms with Gasteiger partial charge in [0.1, 0.15) is 5.75 Å². The van der Waals surface area contributed by atoms with E-state index in [0.717, 1.165) is 34.7 Å². The molecule has 0 N–H and O–H groups in total. The molecule has 98 valence electrons. The molecule has 2 heteroatoms. The van der Waals surface area contributed by atoms with E-state index in [2.05, 4.69) is 25.7 Å². The van der Waals surface area contributed by atoms with Gasteiger partial charge in [-0.1, -0.05) is 31.4 Å². The molecule has 0 heterocycles. The minimum Gasteiger partial charge on any atom is -0.496 e. The maximum Gasteiger partial charge on any atom is 0.122 e. The van der Waals surface area contributed by atoms with Gasteiger partial charge in [-0.05, 0) is 43.0 Å². The molecule has 1 aromatic carbocycles. The average molecular weight is 265 g/mol. The monoisotopic (exact) mass is 264 g/mol. The molecule has 1 nitrogen and oxygen atoms in total. The lowest BCUT2D eigenvalue weighted by molar-refractivity contribution is 0.407. The molecule has 0 aliphatic carbocycles. The largest absolute Gasteiger partial charge is 0.496 e. The normalized spacial score (nSPS) is 11.7. The van der Waals surface area contributed by atoms with Gasteiger partial charge in [-0.25, -0.2) is 0 Å². The number of rotatable bonds is 3. The van der Waals surface area contributed by atoms with Crippen LogP contribution < -0.4 is 4.74 Å². The van der Waals surface area contributed by atoms with Crippen molar-refractivity contribution < 1.29 is 4.74 Å². The number of hydrogen-bond acceptors (Lipinski definition) is 1. The lowest BCUT2D eigenvalue weighted by atomic mass is 9.95. The molecular weight excluding hydrogens is 244 g/mol. The van der Waals surface area contributed by atoms with Crippen LogP contribution in [0.1, 0.15) is 37.0 Å². The quantitative estimate of drug-likeness (QED) is 0.728. The van der Waals surface area contributed by atoms with Crippen LogP contribution in [-0.2, 0) is 6.42 Å². The van der Waals surface area contributed by atoms with Gasteiger partial charge in [0, 0.05) is 17.4 Å². The first-order chi connectivity index (χ1) is 8.51. The molecule has 0 fully saturated rings. The van der Waals surface area contributed by atoms with Crippen LogP contribution in [0.2, 0.25) is 5.02 Å². The van der Waals surface area contributed by atoms with Crippen molar-refractivity contribution in [2.24, 2.45) is 5.92 Å². The molecule has 1 atom stereocenters. The molecule has 0 bridgehead atoms. The van der Waals surface area contributed by atoms with E-state index in [-0.39, 0.29) is 0 Å². The summed E-state index contributed by atoms with van der Waals surface area (Å²) in [5.41, 5.74) is 3.34. The van der Waals surface area contributed by atoms with Crippen LogP contribution in [0, 0.1) is 31.6 Å². The summed E-state index contributed by atoms with van der Waals surface area (Å²) in [5.74, 6) is 7.60. The van der Waals surface area contributed by atoms with E-state index in [0.29, 0.717) is 5.92 Å². The number of methoxy groups -OCH3 is 1. The maximum atomic E-state index is 6.31. The summed E-state index contributed by atoms with van der Waals surface area (Å²) in [5, 5.41) is 0.835. The first-order valence-electron chi connectivity index (χ1n) is 6.32. The summed E-state index contributed by atoms with van der Waals surface area (Å²) >= 11 is 6.31. The standard InChI is InChI=1S/C16H21ClO/c1-6-7-8-11(2)9-14-13(4)16(17)12(3)10-15(14)18-5/h10-11H,6,9H2,1-5H3. The van der Waals surface area contributed by atoms with Gasteiger partial charge in [0.25, 0.3) is 0 Å². The fourth-order valence-corrected chi connectivity index (χ4v) is 2.20. The predicted octanol–water partition coefficient (Wildman–Crippen LogP) is 4.56. The molecule has 0 radical (unpaired) electrons. The van der Waals surface area contributed by atoms with Gasteiger partial charge in [-0.15, -0.1) is 5.92 Å². The Hall–Kier alpha value is -1.13. The second kappa shape index (κ2) is 6.71. The molecule has 0 aliphatic rings. The van der Waals surface area contributed by atoms with E-state index in [1.54, 1.807) is 7.11 Å². The van der Waals surface area contributed by atoms with Crippen LogP contribution in [0.5, 0.6) is 5.75 Å².